The fourth-order valence-electron chi connectivity index (χ4n) is 1.59. The molecule has 1 aromatic heterocycles. The Morgan fingerprint density at radius 1 is 1.56 bits per heavy atom. The van der Waals surface area contributed by atoms with E-state index in [-0.39, 0.29) is 12.2 Å². The van der Waals surface area contributed by atoms with Gasteiger partial charge in [0.2, 0.25) is 0 Å². The Balaban J connectivity index is 2.49. The lowest BCUT2D eigenvalue weighted by Gasteiger charge is -2.19. The van der Waals surface area contributed by atoms with Crippen LogP contribution in [0.3, 0.4) is 0 Å². The van der Waals surface area contributed by atoms with E-state index in [9.17, 15) is 9.90 Å². The summed E-state index contributed by atoms with van der Waals surface area (Å²) in [5.41, 5.74) is 0.924. The van der Waals surface area contributed by atoms with Gasteiger partial charge < -0.3 is 14.9 Å². The summed E-state index contributed by atoms with van der Waals surface area (Å²) < 4.78 is 4.84. The van der Waals surface area contributed by atoms with Crippen molar-refractivity contribution in [2.45, 2.75) is 12.6 Å². The Kier molecular flexibility index (Phi) is 5.70. The number of aromatic nitrogens is 1. The minimum Gasteiger partial charge on any atom is -0.478 e. The molecule has 6 nitrogen and oxygen atoms in total. The van der Waals surface area contributed by atoms with Crippen LogP contribution in [0.25, 0.3) is 0 Å². The van der Waals surface area contributed by atoms with Crippen molar-refractivity contribution in [2.75, 3.05) is 27.3 Å². The summed E-state index contributed by atoms with van der Waals surface area (Å²) in [5.74, 6) is -0.988. The van der Waals surface area contributed by atoms with Crippen molar-refractivity contribution < 1.29 is 19.7 Å². The molecule has 0 aliphatic carbocycles. The topological polar surface area (TPSA) is 82.9 Å². The average molecular weight is 254 g/mol. The predicted molar refractivity (Wildman–Crippen MR) is 65.4 cm³/mol. The molecule has 0 saturated carbocycles. The summed E-state index contributed by atoms with van der Waals surface area (Å²) >= 11 is 0. The number of ether oxygens (including phenoxy) is 1. The predicted octanol–water partition coefficient (Wildman–Crippen LogP) is 0.219. The van der Waals surface area contributed by atoms with E-state index in [0.29, 0.717) is 13.1 Å². The number of pyridine rings is 1. The molecular weight excluding hydrogens is 236 g/mol. The molecular formula is C12H18N2O4. The molecule has 1 unspecified atom stereocenters. The van der Waals surface area contributed by atoms with E-state index >= 15 is 0 Å². The van der Waals surface area contributed by atoms with E-state index in [4.69, 9.17) is 9.84 Å². The van der Waals surface area contributed by atoms with Gasteiger partial charge in [0.25, 0.3) is 0 Å². The van der Waals surface area contributed by atoms with E-state index in [1.807, 2.05) is 11.9 Å². The van der Waals surface area contributed by atoms with E-state index in [2.05, 4.69) is 4.98 Å². The van der Waals surface area contributed by atoms with Crippen LogP contribution in [0, 0.1) is 0 Å². The number of carbonyl (C=O) groups is 1. The third-order valence-electron chi connectivity index (χ3n) is 2.39. The lowest BCUT2D eigenvalue weighted by molar-refractivity contribution is 0.0416. The minimum atomic E-state index is -0.988. The summed E-state index contributed by atoms with van der Waals surface area (Å²) in [6.45, 7) is 1.30. The molecule has 2 N–H and O–H groups in total. The van der Waals surface area contributed by atoms with E-state index in [1.165, 1.54) is 19.4 Å². The van der Waals surface area contributed by atoms with Crippen molar-refractivity contribution in [1.82, 2.24) is 9.88 Å². The van der Waals surface area contributed by atoms with Gasteiger partial charge in [-0.15, -0.1) is 0 Å². The summed E-state index contributed by atoms with van der Waals surface area (Å²) in [6.07, 6.45) is 0.787. The summed E-state index contributed by atoms with van der Waals surface area (Å²) in [6, 6.07) is 3.19. The average Bonchev–Trinajstić information content (AvgIpc) is 2.29. The molecule has 1 rings (SSSR count). The molecule has 1 heterocycles. The molecule has 0 spiro atoms. The standard InChI is InChI=1S/C12H18N2O4/c1-14(7-11(15)8-18-2)6-10-4-3-9(5-13-10)12(16)17/h3-5,11,15H,6-8H2,1-2H3,(H,16,17). The normalized spacial score (nSPS) is 12.7. The second-order valence-corrected chi connectivity index (χ2v) is 4.15. The molecule has 0 amide bonds. The monoisotopic (exact) mass is 254 g/mol. The van der Waals surface area contributed by atoms with Gasteiger partial charge in [-0.2, -0.15) is 0 Å². The molecule has 18 heavy (non-hydrogen) atoms. The van der Waals surface area contributed by atoms with Crippen LogP contribution in [-0.2, 0) is 11.3 Å². The number of aromatic carboxylic acids is 1. The van der Waals surface area contributed by atoms with Gasteiger partial charge in [0.05, 0.1) is 24.0 Å². The number of carboxylic acid groups (broad SMARTS) is 1. The van der Waals surface area contributed by atoms with E-state index < -0.39 is 12.1 Å². The Hall–Kier alpha value is -1.50. The van der Waals surface area contributed by atoms with Gasteiger partial charge in [0.1, 0.15) is 0 Å². The molecule has 0 radical (unpaired) electrons. The number of aliphatic hydroxyl groups excluding tert-OH is 1. The lowest BCUT2D eigenvalue weighted by atomic mass is 10.2. The summed E-state index contributed by atoms with van der Waals surface area (Å²) in [4.78, 5) is 16.6. The van der Waals surface area contributed by atoms with Gasteiger partial charge >= 0.3 is 5.97 Å². The minimum absolute atomic E-state index is 0.167. The lowest BCUT2D eigenvalue weighted by Crippen LogP contribution is -2.31. The molecule has 1 aromatic rings. The molecule has 0 aliphatic heterocycles. The zero-order chi connectivity index (χ0) is 13.5. The largest absolute Gasteiger partial charge is 0.478 e. The smallest absolute Gasteiger partial charge is 0.337 e. The first-order chi connectivity index (χ1) is 8.52. The highest BCUT2D eigenvalue weighted by molar-refractivity contribution is 5.87. The second kappa shape index (κ2) is 7.05. The van der Waals surface area contributed by atoms with Gasteiger partial charge in [0.15, 0.2) is 0 Å². The van der Waals surface area contributed by atoms with Crippen molar-refractivity contribution >= 4 is 5.97 Å². The van der Waals surface area contributed by atoms with Crippen LogP contribution in [0.5, 0.6) is 0 Å². The van der Waals surface area contributed by atoms with Crippen LogP contribution in [0.15, 0.2) is 18.3 Å². The van der Waals surface area contributed by atoms with Gasteiger partial charge in [-0.05, 0) is 19.2 Å². The fourth-order valence-corrected chi connectivity index (χ4v) is 1.59. The zero-order valence-electron chi connectivity index (χ0n) is 10.5. The first kappa shape index (κ1) is 14.6. The van der Waals surface area contributed by atoms with Crippen LogP contribution in [0.2, 0.25) is 0 Å². The quantitative estimate of drug-likeness (QED) is 0.724. The van der Waals surface area contributed by atoms with Gasteiger partial charge in [0, 0.05) is 26.4 Å². The molecule has 100 valence electrons. The van der Waals surface area contributed by atoms with Crippen LogP contribution >= 0.6 is 0 Å². The van der Waals surface area contributed by atoms with Crippen molar-refractivity contribution in [1.29, 1.82) is 0 Å². The number of hydrogen-bond donors (Lipinski definition) is 2. The van der Waals surface area contributed by atoms with Crippen molar-refractivity contribution in [3.05, 3.63) is 29.6 Å². The number of likely N-dealkylation sites (N-methyl/N-ethyl adjacent to an activating group) is 1. The molecule has 0 saturated heterocycles. The Morgan fingerprint density at radius 2 is 2.28 bits per heavy atom. The van der Waals surface area contributed by atoms with Crippen LogP contribution in [0.1, 0.15) is 16.1 Å². The van der Waals surface area contributed by atoms with Crippen LogP contribution < -0.4 is 0 Å². The number of methoxy groups -OCH3 is 1. The third-order valence-corrected chi connectivity index (χ3v) is 2.39. The second-order valence-electron chi connectivity index (χ2n) is 4.15. The Labute approximate surface area is 106 Å². The number of aliphatic hydroxyl groups is 1. The maximum absolute atomic E-state index is 10.7. The maximum atomic E-state index is 10.7. The van der Waals surface area contributed by atoms with Crippen LogP contribution in [0.4, 0.5) is 0 Å². The highest BCUT2D eigenvalue weighted by atomic mass is 16.5. The Morgan fingerprint density at radius 3 is 2.78 bits per heavy atom. The highest BCUT2D eigenvalue weighted by Gasteiger charge is 2.09. The number of rotatable bonds is 7. The van der Waals surface area contributed by atoms with Crippen molar-refractivity contribution in [3.63, 3.8) is 0 Å². The molecule has 6 heteroatoms. The number of nitrogens with zero attached hydrogens (tertiary/aromatic N) is 2. The highest BCUT2D eigenvalue weighted by Crippen LogP contribution is 2.03. The molecule has 1 atom stereocenters. The number of carboxylic acids is 1. The van der Waals surface area contributed by atoms with Gasteiger partial charge in [-0.1, -0.05) is 0 Å². The number of hydrogen-bond acceptors (Lipinski definition) is 5. The molecule has 0 bridgehead atoms. The zero-order valence-corrected chi connectivity index (χ0v) is 10.5. The summed E-state index contributed by atoms with van der Waals surface area (Å²) in [5, 5.41) is 18.3. The first-order valence-electron chi connectivity index (χ1n) is 5.56. The summed E-state index contributed by atoms with van der Waals surface area (Å²) in [7, 11) is 3.39. The van der Waals surface area contributed by atoms with Crippen molar-refractivity contribution in [3.8, 4) is 0 Å². The first-order valence-corrected chi connectivity index (χ1v) is 5.56. The SMILES string of the molecule is COCC(O)CN(C)Cc1ccc(C(=O)O)cn1. The van der Waals surface area contributed by atoms with Crippen LogP contribution in [-0.4, -0.2) is 59.5 Å². The van der Waals surface area contributed by atoms with Gasteiger partial charge in [-0.3, -0.25) is 9.88 Å². The Bertz CT molecular complexity index is 380. The van der Waals surface area contributed by atoms with Crippen molar-refractivity contribution in [2.24, 2.45) is 0 Å². The van der Waals surface area contributed by atoms with E-state index in [1.54, 1.807) is 6.07 Å². The molecule has 0 fully saturated rings. The van der Waals surface area contributed by atoms with Gasteiger partial charge in [-0.25, -0.2) is 4.79 Å². The third kappa shape index (κ3) is 4.79. The maximum Gasteiger partial charge on any atom is 0.337 e. The molecule has 0 aromatic carbocycles. The van der Waals surface area contributed by atoms with E-state index in [0.717, 1.165) is 5.69 Å². The molecule has 0 aliphatic rings. The fraction of sp³-hybridized carbons (Fsp3) is 0.500.